The van der Waals surface area contributed by atoms with Crippen molar-refractivity contribution in [3.8, 4) is 22.6 Å². The summed E-state index contributed by atoms with van der Waals surface area (Å²) in [6, 6.07) is 18.3. The van der Waals surface area contributed by atoms with Crippen LogP contribution in [0.2, 0.25) is 5.02 Å². The molecule has 4 rings (SSSR count). The molecule has 156 valence electrons. The molecule has 4 aromatic rings. The van der Waals surface area contributed by atoms with Gasteiger partial charge in [0.25, 0.3) is 5.91 Å². The maximum absolute atomic E-state index is 13.3. The quantitative estimate of drug-likeness (QED) is 0.455. The number of methoxy groups -OCH3 is 2. The lowest BCUT2D eigenvalue weighted by Gasteiger charge is -2.12. The fourth-order valence-corrected chi connectivity index (χ4v) is 3.37. The van der Waals surface area contributed by atoms with Gasteiger partial charge in [-0.2, -0.15) is 0 Å². The number of benzene rings is 3. The third-order valence-corrected chi connectivity index (χ3v) is 5.05. The standard InChI is InChI=1S/C24H18ClNO5/c1-29-17-8-3-14(4-9-17)21-22(27)19-13-16(25)7-12-20(19)31-24(21)26-23(28)15-5-10-18(30-2)11-6-15/h3-13H,1-2H3,(H,26,28). The molecule has 0 saturated heterocycles. The molecule has 0 fully saturated rings. The van der Waals surface area contributed by atoms with Gasteiger partial charge in [-0.3, -0.25) is 14.9 Å². The second-order valence-electron chi connectivity index (χ2n) is 6.69. The predicted octanol–water partition coefficient (Wildman–Crippen LogP) is 5.38. The van der Waals surface area contributed by atoms with Gasteiger partial charge in [-0.05, 0) is 60.2 Å². The molecule has 0 aliphatic heterocycles. The number of carbonyl (C=O) groups is 1. The number of fused-ring (bicyclic) bond motifs is 1. The maximum Gasteiger partial charge on any atom is 0.257 e. The zero-order chi connectivity index (χ0) is 22.0. The van der Waals surface area contributed by atoms with Gasteiger partial charge >= 0.3 is 0 Å². The Kier molecular flexibility index (Phi) is 5.64. The lowest BCUT2D eigenvalue weighted by molar-refractivity contribution is 0.102. The Morgan fingerprint density at radius 3 is 2.13 bits per heavy atom. The summed E-state index contributed by atoms with van der Waals surface area (Å²) in [7, 11) is 3.11. The molecule has 0 saturated carbocycles. The Bertz CT molecular complexity index is 1310. The minimum atomic E-state index is -0.422. The summed E-state index contributed by atoms with van der Waals surface area (Å²) < 4.78 is 16.2. The molecule has 1 amide bonds. The van der Waals surface area contributed by atoms with Crippen molar-refractivity contribution in [3.05, 3.63) is 87.5 Å². The van der Waals surface area contributed by atoms with Crippen molar-refractivity contribution >= 4 is 34.4 Å². The first-order valence-corrected chi connectivity index (χ1v) is 9.74. The predicted molar refractivity (Wildman–Crippen MR) is 120 cm³/mol. The number of nitrogens with one attached hydrogen (secondary N) is 1. The Hall–Kier alpha value is -3.77. The van der Waals surface area contributed by atoms with Gasteiger partial charge in [-0.25, -0.2) is 0 Å². The number of carbonyl (C=O) groups excluding carboxylic acids is 1. The second-order valence-corrected chi connectivity index (χ2v) is 7.12. The molecule has 31 heavy (non-hydrogen) atoms. The van der Waals surface area contributed by atoms with Gasteiger partial charge in [-0.15, -0.1) is 0 Å². The van der Waals surface area contributed by atoms with Crippen LogP contribution in [0.1, 0.15) is 10.4 Å². The fourth-order valence-electron chi connectivity index (χ4n) is 3.19. The molecule has 0 bridgehead atoms. The van der Waals surface area contributed by atoms with E-state index in [1.807, 2.05) is 0 Å². The topological polar surface area (TPSA) is 77.8 Å². The van der Waals surface area contributed by atoms with E-state index in [0.29, 0.717) is 38.6 Å². The van der Waals surface area contributed by atoms with E-state index >= 15 is 0 Å². The lowest BCUT2D eigenvalue weighted by Crippen LogP contribution is -2.16. The van der Waals surface area contributed by atoms with Gasteiger partial charge in [0, 0.05) is 10.6 Å². The monoisotopic (exact) mass is 435 g/mol. The van der Waals surface area contributed by atoms with Crippen molar-refractivity contribution < 1.29 is 18.7 Å². The summed E-state index contributed by atoms with van der Waals surface area (Å²) >= 11 is 6.08. The number of rotatable bonds is 5. The first kappa shape index (κ1) is 20.5. The molecule has 0 aliphatic carbocycles. The van der Waals surface area contributed by atoms with Crippen molar-refractivity contribution in [1.82, 2.24) is 0 Å². The molecule has 0 aliphatic rings. The van der Waals surface area contributed by atoms with Gasteiger partial charge in [0.15, 0.2) is 0 Å². The first-order valence-electron chi connectivity index (χ1n) is 9.36. The van der Waals surface area contributed by atoms with Crippen molar-refractivity contribution in [3.63, 3.8) is 0 Å². The van der Waals surface area contributed by atoms with Crippen LogP contribution in [0, 0.1) is 0 Å². The Morgan fingerprint density at radius 2 is 1.52 bits per heavy atom. The molecule has 1 N–H and O–H groups in total. The zero-order valence-corrected chi connectivity index (χ0v) is 17.5. The third-order valence-electron chi connectivity index (χ3n) is 4.81. The van der Waals surface area contributed by atoms with E-state index in [0.717, 1.165) is 0 Å². The molecular weight excluding hydrogens is 418 g/mol. The number of hydrogen-bond donors (Lipinski definition) is 1. The lowest BCUT2D eigenvalue weighted by atomic mass is 10.0. The average molecular weight is 436 g/mol. The van der Waals surface area contributed by atoms with Crippen LogP contribution >= 0.6 is 11.6 Å². The summed E-state index contributed by atoms with van der Waals surface area (Å²) in [5.41, 5.74) is 1.19. The van der Waals surface area contributed by atoms with E-state index in [2.05, 4.69) is 5.32 Å². The van der Waals surface area contributed by atoms with Crippen LogP contribution < -0.4 is 20.2 Å². The van der Waals surface area contributed by atoms with Crippen LogP contribution in [0.3, 0.4) is 0 Å². The van der Waals surface area contributed by atoms with Gasteiger partial charge in [0.1, 0.15) is 17.1 Å². The molecule has 0 spiro atoms. The number of ether oxygens (including phenoxy) is 2. The van der Waals surface area contributed by atoms with Crippen molar-refractivity contribution in [2.24, 2.45) is 0 Å². The summed E-state index contributed by atoms with van der Waals surface area (Å²) in [5, 5.41) is 3.46. The highest BCUT2D eigenvalue weighted by Crippen LogP contribution is 2.31. The van der Waals surface area contributed by atoms with Crippen molar-refractivity contribution in [2.45, 2.75) is 0 Å². The summed E-state index contributed by atoms with van der Waals surface area (Å²) in [6.07, 6.45) is 0. The minimum Gasteiger partial charge on any atom is -0.497 e. The van der Waals surface area contributed by atoms with E-state index in [1.165, 1.54) is 0 Å². The van der Waals surface area contributed by atoms with Crippen LogP contribution in [0.25, 0.3) is 22.1 Å². The highest BCUT2D eigenvalue weighted by molar-refractivity contribution is 6.31. The van der Waals surface area contributed by atoms with Crippen LogP contribution in [0.5, 0.6) is 11.5 Å². The van der Waals surface area contributed by atoms with Gasteiger partial charge < -0.3 is 13.9 Å². The number of hydrogen-bond acceptors (Lipinski definition) is 5. The fraction of sp³-hybridized carbons (Fsp3) is 0.0833. The molecule has 1 aromatic heterocycles. The van der Waals surface area contributed by atoms with E-state index in [4.69, 9.17) is 25.5 Å². The van der Waals surface area contributed by atoms with Gasteiger partial charge in [-0.1, -0.05) is 23.7 Å². The van der Waals surface area contributed by atoms with E-state index in [1.54, 1.807) is 80.9 Å². The van der Waals surface area contributed by atoms with Crippen LogP contribution in [-0.4, -0.2) is 20.1 Å². The third kappa shape index (κ3) is 4.11. The largest absolute Gasteiger partial charge is 0.497 e. The first-order chi connectivity index (χ1) is 15.0. The number of halogens is 1. The molecule has 0 unspecified atom stereocenters. The Balaban J connectivity index is 1.84. The maximum atomic E-state index is 13.3. The molecule has 1 heterocycles. The van der Waals surface area contributed by atoms with Crippen LogP contribution in [0.4, 0.5) is 5.88 Å². The molecule has 6 nitrogen and oxygen atoms in total. The number of anilines is 1. The van der Waals surface area contributed by atoms with Gasteiger partial charge in [0.05, 0.1) is 25.2 Å². The van der Waals surface area contributed by atoms with Crippen molar-refractivity contribution in [2.75, 3.05) is 19.5 Å². The second kappa shape index (κ2) is 8.53. The molecule has 0 atom stereocenters. The molecule has 3 aromatic carbocycles. The van der Waals surface area contributed by atoms with E-state index < -0.39 is 5.91 Å². The summed E-state index contributed by atoms with van der Waals surface area (Å²) in [6.45, 7) is 0. The highest BCUT2D eigenvalue weighted by atomic mass is 35.5. The van der Waals surface area contributed by atoms with Crippen LogP contribution in [-0.2, 0) is 0 Å². The number of amides is 1. The minimum absolute atomic E-state index is 0.0470. The normalized spacial score (nSPS) is 10.7. The SMILES string of the molecule is COc1ccc(C(=O)Nc2oc3ccc(Cl)cc3c(=O)c2-c2ccc(OC)cc2)cc1. The van der Waals surface area contributed by atoms with Crippen LogP contribution in [0.15, 0.2) is 75.9 Å². The molecular formula is C24H18ClNO5. The molecule has 0 radical (unpaired) electrons. The smallest absolute Gasteiger partial charge is 0.257 e. The average Bonchev–Trinajstić information content (AvgIpc) is 2.80. The molecule has 7 heteroatoms. The van der Waals surface area contributed by atoms with Gasteiger partial charge in [0.2, 0.25) is 11.3 Å². The van der Waals surface area contributed by atoms with Crippen molar-refractivity contribution in [1.29, 1.82) is 0 Å². The Labute approximate surface area is 183 Å². The highest BCUT2D eigenvalue weighted by Gasteiger charge is 2.19. The van der Waals surface area contributed by atoms with E-state index in [9.17, 15) is 9.59 Å². The summed E-state index contributed by atoms with van der Waals surface area (Å²) in [5.74, 6) is 0.894. The zero-order valence-electron chi connectivity index (χ0n) is 16.8. The summed E-state index contributed by atoms with van der Waals surface area (Å²) in [4.78, 5) is 26.2. The van der Waals surface area contributed by atoms with E-state index in [-0.39, 0.29) is 16.9 Å². The Morgan fingerprint density at radius 1 is 0.903 bits per heavy atom.